The number of benzene rings is 2. The van der Waals surface area contributed by atoms with Crippen LogP contribution in [0.2, 0.25) is 0 Å². The summed E-state index contributed by atoms with van der Waals surface area (Å²) in [5.74, 6) is -0.0407. The highest BCUT2D eigenvalue weighted by atomic mass is 32.2. The van der Waals surface area contributed by atoms with E-state index in [1.807, 2.05) is 44.2 Å². The zero-order chi connectivity index (χ0) is 19.6. The molecular formula is C20H23N3O3S. The minimum absolute atomic E-state index is 0.0407. The number of hydrogen-bond donors (Lipinski definition) is 1. The molecule has 0 aliphatic carbocycles. The fourth-order valence-electron chi connectivity index (χ4n) is 3.10. The second-order valence-corrected chi connectivity index (χ2v) is 8.47. The van der Waals surface area contributed by atoms with Crippen molar-refractivity contribution in [2.45, 2.75) is 32.7 Å². The number of aryl methyl sites for hydroxylation is 1. The molecule has 1 heterocycles. The average Bonchev–Trinajstić information content (AvgIpc) is 3.06. The Hall–Kier alpha value is -2.67. The first-order valence-corrected chi connectivity index (χ1v) is 10.7. The topological polar surface area (TPSA) is 78.8 Å². The summed E-state index contributed by atoms with van der Waals surface area (Å²) in [4.78, 5) is 12.4. The zero-order valence-electron chi connectivity index (χ0n) is 15.6. The lowest BCUT2D eigenvalue weighted by atomic mass is 9.97. The van der Waals surface area contributed by atoms with Crippen LogP contribution in [0.4, 0.5) is 5.69 Å². The molecule has 0 bridgehead atoms. The molecule has 1 amide bonds. The number of hydrogen-bond acceptors (Lipinski definition) is 4. The Balaban J connectivity index is 1.93. The standard InChI is InChI=1S/C20H23N3O3S/c1-4-20(24)23-19(15-10-8-14(2)9-11-15)13-18(21-23)16-6-5-7-17(12-16)22-27(3,25)26/h5-12,19,22H,4,13H2,1-3H3/t19-/m1/s1. The number of hydrazone groups is 1. The van der Waals surface area contributed by atoms with Gasteiger partial charge >= 0.3 is 0 Å². The maximum Gasteiger partial charge on any atom is 0.242 e. The van der Waals surface area contributed by atoms with Crippen molar-refractivity contribution in [3.05, 3.63) is 65.2 Å². The van der Waals surface area contributed by atoms with Crippen molar-refractivity contribution >= 4 is 27.3 Å². The van der Waals surface area contributed by atoms with Gasteiger partial charge in [-0.15, -0.1) is 0 Å². The lowest BCUT2D eigenvalue weighted by molar-refractivity contribution is -0.132. The summed E-state index contributed by atoms with van der Waals surface area (Å²) >= 11 is 0. The molecule has 1 atom stereocenters. The molecule has 2 aromatic carbocycles. The number of nitrogens with one attached hydrogen (secondary N) is 1. The van der Waals surface area contributed by atoms with Crippen LogP contribution < -0.4 is 4.72 Å². The van der Waals surface area contributed by atoms with Gasteiger partial charge in [-0.2, -0.15) is 5.10 Å². The zero-order valence-corrected chi connectivity index (χ0v) is 16.5. The third kappa shape index (κ3) is 4.54. The second kappa shape index (κ2) is 7.52. The molecule has 1 N–H and O–H groups in total. The fraction of sp³-hybridized carbons (Fsp3) is 0.300. The predicted octanol–water partition coefficient (Wildman–Crippen LogP) is 3.45. The minimum Gasteiger partial charge on any atom is -0.284 e. The van der Waals surface area contributed by atoms with E-state index in [1.165, 1.54) is 0 Å². The highest BCUT2D eigenvalue weighted by Crippen LogP contribution is 2.33. The first kappa shape index (κ1) is 19.1. The summed E-state index contributed by atoms with van der Waals surface area (Å²) in [5, 5.41) is 6.12. The van der Waals surface area contributed by atoms with Gasteiger partial charge in [0, 0.05) is 18.5 Å². The van der Waals surface area contributed by atoms with Crippen LogP contribution in [0.25, 0.3) is 0 Å². The Morgan fingerprint density at radius 3 is 2.56 bits per heavy atom. The average molecular weight is 385 g/mol. The molecule has 142 valence electrons. The van der Waals surface area contributed by atoms with Crippen molar-refractivity contribution in [2.24, 2.45) is 5.10 Å². The fourth-order valence-corrected chi connectivity index (χ4v) is 3.66. The van der Waals surface area contributed by atoms with Crippen molar-refractivity contribution in [1.82, 2.24) is 5.01 Å². The smallest absolute Gasteiger partial charge is 0.242 e. The molecule has 0 saturated heterocycles. The SMILES string of the molecule is CCC(=O)N1N=C(c2cccc(NS(C)(=O)=O)c2)C[C@@H]1c1ccc(C)cc1. The van der Waals surface area contributed by atoms with Crippen LogP contribution in [-0.4, -0.2) is 31.3 Å². The van der Waals surface area contributed by atoms with E-state index < -0.39 is 10.0 Å². The molecule has 1 aliphatic heterocycles. The summed E-state index contributed by atoms with van der Waals surface area (Å²) in [5.41, 5.74) is 4.23. The van der Waals surface area contributed by atoms with Gasteiger partial charge in [-0.3, -0.25) is 9.52 Å². The lowest BCUT2D eigenvalue weighted by Gasteiger charge is -2.21. The summed E-state index contributed by atoms with van der Waals surface area (Å²) in [6.45, 7) is 3.84. The van der Waals surface area contributed by atoms with E-state index in [0.717, 1.165) is 28.7 Å². The van der Waals surface area contributed by atoms with Crippen LogP contribution in [-0.2, 0) is 14.8 Å². The third-order valence-corrected chi connectivity index (χ3v) is 5.04. The number of anilines is 1. The number of carbonyl (C=O) groups excluding carboxylic acids is 1. The van der Waals surface area contributed by atoms with Crippen LogP contribution in [0.3, 0.4) is 0 Å². The lowest BCUT2D eigenvalue weighted by Crippen LogP contribution is -2.26. The minimum atomic E-state index is -3.36. The molecular weight excluding hydrogens is 362 g/mol. The van der Waals surface area contributed by atoms with Gasteiger partial charge in [-0.05, 0) is 30.2 Å². The molecule has 0 aromatic heterocycles. The molecule has 0 saturated carbocycles. The number of amides is 1. The van der Waals surface area contributed by atoms with Crippen molar-refractivity contribution in [3.63, 3.8) is 0 Å². The van der Waals surface area contributed by atoms with Crippen LogP contribution in [0.5, 0.6) is 0 Å². The van der Waals surface area contributed by atoms with Crippen LogP contribution in [0.1, 0.15) is 42.5 Å². The molecule has 3 rings (SSSR count). The van der Waals surface area contributed by atoms with Gasteiger partial charge in [-0.25, -0.2) is 13.4 Å². The molecule has 0 fully saturated rings. The van der Waals surface area contributed by atoms with Gasteiger partial charge in [-0.1, -0.05) is 48.9 Å². The van der Waals surface area contributed by atoms with Gasteiger partial charge in [0.05, 0.1) is 18.0 Å². The van der Waals surface area contributed by atoms with Crippen molar-refractivity contribution in [2.75, 3.05) is 11.0 Å². The highest BCUT2D eigenvalue weighted by Gasteiger charge is 2.32. The Bertz CT molecular complexity index is 982. The summed E-state index contributed by atoms with van der Waals surface area (Å²) in [6, 6.07) is 15.0. The van der Waals surface area contributed by atoms with E-state index in [1.54, 1.807) is 23.2 Å². The Labute approximate surface area is 159 Å². The van der Waals surface area contributed by atoms with Gasteiger partial charge in [0.25, 0.3) is 0 Å². The number of nitrogens with zero attached hydrogens (tertiary/aromatic N) is 2. The normalized spacial score (nSPS) is 16.9. The number of sulfonamides is 1. The van der Waals surface area contributed by atoms with Crippen LogP contribution >= 0.6 is 0 Å². The highest BCUT2D eigenvalue weighted by molar-refractivity contribution is 7.92. The van der Waals surface area contributed by atoms with E-state index in [4.69, 9.17) is 0 Å². The van der Waals surface area contributed by atoms with E-state index in [0.29, 0.717) is 18.5 Å². The molecule has 0 spiro atoms. The van der Waals surface area contributed by atoms with E-state index in [2.05, 4.69) is 9.82 Å². The molecule has 7 heteroatoms. The van der Waals surface area contributed by atoms with Crippen LogP contribution in [0, 0.1) is 6.92 Å². The van der Waals surface area contributed by atoms with E-state index >= 15 is 0 Å². The monoisotopic (exact) mass is 385 g/mol. The van der Waals surface area contributed by atoms with Crippen molar-refractivity contribution in [1.29, 1.82) is 0 Å². The Kier molecular flexibility index (Phi) is 5.32. The second-order valence-electron chi connectivity index (χ2n) is 6.72. The third-order valence-electron chi connectivity index (χ3n) is 4.43. The molecule has 6 nitrogen and oxygen atoms in total. The van der Waals surface area contributed by atoms with Gasteiger partial charge in [0.1, 0.15) is 0 Å². The number of carbonyl (C=O) groups is 1. The van der Waals surface area contributed by atoms with E-state index in [9.17, 15) is 13.2 Å². The molecule has 1 aliphatic rings. The molecule has 0 radical (unpaired) electrons. The van der Waals surface area contributed by atoms with E-state index in [-0.39, 0.29) is 11.9 Å². The Morgan fingerprint density at radius 1 is 1.22 bits per heavy atom. The Morgan fingerprint density at radius 2 is 1.93 bits per heavy atom. The molecule has 0 unspecified atom stereocenters. The van der Waals surface area contributed by atoms with Crippen LogP contribution in [0.15, 0.2) is 53.6 Å². The predicted molar refractivity (Wildman–Crippen MR) is 107 cm³/mol. The first-order chi connectivity index (χ1) is 12.8. The van der Waals surface area contributed by atoms with Gasteiger partial charge < -0.3 is 0 Å². The van der Waals surface area contributed by atoms with Gasteiger partial charge in [0.2, 0.25) is 15.9 Å². The summed E-state index contributed by atoms with van der Waals surface area (Å²) in [7, 11) is -3.36. The largest absolute Gasteiger partial charge is 0.284 e. The quantitative estimate of drug-likeness (QED) is 0.856. The number of rotatable bonds is 5. The molecule has 27 heavy (non-hydrogen) atoms. The van der Waals surface area contributed by atoms with Crippen molar-refractivity contribution in [3.8, 4) is 0 Å². The summed E-state index contributed by atoms with van der Waals surface area (Å²) < 4.78 is 25.4. The summed E-state index contributed by atoms with van der Waals surface area (Å²) in [6.07, 6.45) is 2.06. The van der Waals surface area contributed by atoms with Crippen molar-refractivity contribution < 1.29 is 13.2 Å². The molecule has 2 aromatic rings. The maximum atomic E-state index is 12.4. The first-order valence-electron chi connectivity index (χ1n) is 8.81. The van der Waals surface area contributed by atoms with Gasteiger partial charge in [0.15, 0.2) is 0 Å². The maximum absolute atomic E-state index is 12.4.